The standard InChI is InChI=1S/C35H28N2/c1-5-7-16-27-22(3)33-30(21-24(13-6-2)23(4)36-33)35(27)28-17-9-11-20-32(28)37-31-19-10-8-14-25(31)26-15-12-18-29(35)34(26)37/h5-21H,1H2,2-4H3/b13-6-,16-7-. The summed E-state index contributed by atoms with van der Waals surface area (Å²) in [4.78, 5) is 5.22. The highest BCUT2D eigenvalue weighted by atomic mass is 15.0. The second-order valence-electron chi connectivity index (χ2n) is 10.0. The molecule has 3 heterocycles. The van der Waals surface area contributed by atoms with Crippen LogP contribution >= 0.6 is 0 Å². The largest absolute Gasteiger partial charge is 0.309 e. The number of allylic oxidation sites excluding steroid dienone is 6. The molecule has 1 unspecified atom stereocenters. The maximum absolute atomic E-state index is 5.22. The molecule has 1 aliphatic carbocycles. The molecule has 0 radical (unpaired) electrons. The maximum atomic E-state index is 5.22. The summed E-state index contributed by atoms with van der Waals surface area (Å²) in [6.07, 6.45) is 10.5. The Balaban J connectivity index is 1.76. The van der Waals surface area contributed by atoms with Gasteiger partial charge in [0.25, 0.3) is 0 Å². The fraction of sp³-hybridized carbons (Fsp3) is 0.114. The quantitative estimate of drug-likeness (QED) is 0.238. The molecular formula is C35H28N2. The lowest BCUT2D eigenvalue weighted by Crippen LogP contribution is -2.34. The van der Waals surface area contributed by atoms with E-state index in [2.05, 4.69) is 129 Å². The van der Waals surface area contributed by atoms with Crippen LogP contribution in [0.25, 0.3) is 39.1 Å². The second kappa shape index (κ2) is 7.78. The van der Waals surface area contributed by atoms with Crippen LogP contribution < -0.4 is 0 Å². The SMILES string of the molecule is C=C/C=C\C1=C(C)c2nc(C)c(/C=C\C)cc2C12c1ccccc1-n1c3ccccc3c3cccc2c31. The Labute approximate surface area is 217 Å². The number of hydrogen-bond acceptors (Lipinski definition) is 1. The van der Waals surface area contributed by atoms with Gasteiger partial charge in [0.05, 0.1) is 27.8 Å². The summed E-state index contributed by atoms with van der Waals surface area (Å²) >= 11 is 0. The van der Waals surface area contributed by atoms with Gasteiger partial charge in [-0.25, -0.2) is 0 Å². The summed E-state index contributed by atoms with van der Waals surface area (Å²) in [6.45, 7) is 10.4. The highest BCUT2D eigenvalue weighted by molar-refractivity contribution is 6.12. The van der Waals surface area contributed by atoms with E-state index in [9.17, 15) is 0 Å². The zero-order valence-corrected chi connectivity index (χ0v) is 21.4. The van der Waals surface area contributed by atoms with Gasteiger partial charge in [-0.05, 0) is 72.4 Å². The van der Waals surface area contributed by atoms with Crippen LogP contribution in [0.3, 0.4) is 0 Å². The van der Waals surface area contributed by atoms with Gasteiger partial charge in [0, 0.05) is 16.5 Å². The van der Waals surface area contributed by atoms with Crippen molar-refractivity contribution >= 4 is 33.5 Å². The first-order valence-electron chi connectivity index (χ1n) is 12.9. The first-order valence-corrected chi connectivity index (χ1v) is 12.9. The number of hydrogen-bond donors (Lipinski definition) is 0. The fourth-order valence-corrected chi connectivity index (χ4v) is 6.79. The summed E-state index contributed by atoms with van der Waals surface area (Å²) in [5, 5.41) is 2.57. The third-order valence-corrected chi connectivity index (χ3v) is 8.21. The minimum atomic E-state index is -0.476. The van der Waals surface area contributed by atoms with E-state index in [-0.39, 0.29) is 0 Å². The Morgan fingerprint density at radius 1 is 0.838 bits per heavy atom. The first kappa shape index (κ1) is 21.8. The van der Waals surface area contributed by atoms with Gasteiger partial charge in [-0.1, -0.05) is 91.6 Å². The minimum absolute atomic E-state index is 0.476. The Morgan fingerprint density at radius 2 is 1.59 bits per heavy atom. The van der Waals surface area contributed by atoms with E-state index in [0.29, 0.717) is 0 Å². The molecule has 0 saturated heterocycles. The Morgan fingerprint density at radius 3 is 2.43 bits per heavy atom. The van der Waals surface area contributed by atoms with E-state index < -0.39 is 5.41 Å². The molecule has 0 fully saturated rings. The molecule has 0 bridgehead atoms. The van der Waals surface area contributed by atoms with E-state index in [1.807, 2.05) is 6.08 Å². The molecule has 0 N–H and O–H groups in total. The number of nitrogens with zero attached hydrogens (tertiary/aromatic N) is 2. The normalized spacial score (nSPS) is 18.0. The zero-order chi connectivity index (χ0) is 25.3. The van der Waals surface area contributed by atoms with Crippen LogP contribution in [0.1, 0.15) is 47.5 Å². The average Bonchev–Trinajstić information content (AvgIpc) is 3.38. The van der Waals surface area contributed by atoms with Crippen molar-refractivity contribution < 1.29 is 0 Å². The van der Waals surface area contributed by atoms with Crippen molar-refractivity contribution in [3.8, 4) is 5.69 Å². The number of aryl methyl sites for hydroxylation is 1. The lowest BCUT2D eigenvalue weighted by molar-refractivity contribution is 0.738. The summed E-state index contributed by atoms with van der Waals surface area (Å²) in [5.74, 6) is 0. The van der Waals surface area contributed by atoms with Crippen molar-refractivity contribution in [2.45, 2.75) is 26.2 Å². The molecule has 2 nitrogen and oxygen atoms in total. The average molecular weight is 477 g/mol. The molecule has 1 aliphatic heterocycles. The van der Waals surface area contributed by atoms with E-state index in [1.54, 1.807) is 0 Å². The number of fused-ring (bicyclic) bond motifs is 9. The first-order chi connectivity index (χ1) is 18.1. The smallest absolute Gasteiger partial charge is 0.0767 e. The Kier molecular flexibility index (Phi) is 4.59. The summed E-state index contributed by atoms with van der Waals surface area (Å²) < 4.78 is 2.47. The topological polar surface area (TPSA) is 17.8 Å². The van der Waals surface area contributed by atoms with Crippen molar-refractivity contribution in [3.05, 3.63) is 143 Å². The van der Waals surface area contributed by atoms with Crippen LogP contribution in [0.4, 0.5) is 0 Å². The third kappa shape index (κ3) is 2.62. The van der Waals surface area contributed by atoms with Gasteiger partial charge in [0.15, 0.2) is 0 Å². The maximum Gasteiger partial charge on any atom is 0.0767 e. The third-order valence-electron chi connectivity index (χ3n) is 8.21. The molecule has 1 spiro atoms. The van der Waals surface area contributed by atoms with Gasteiger partial charge in [0.1, 0.15) is 0 Å². The van der Waals surface area contributed by atoms with Crippen LogP contribution in [0.15, 0.2) is 109 Å². The highest BCUT2D eigenvalue weighted by Crippen LogP contribution is 2.60. The number of pyridine rings is 1. The Bertz CT molecular complexity index is 1880. The molecule has 2 aliphatic rings. The van der Waals surface area contributed by atoms with E-state index >= 15 is 0 Å². The van der Waals surface area contributed by atoms with Gasteiger partial charge in [-0.2, -0.15) is 0 Å². The zero-order valence-electron chi connectivity index (χ0n) is 21.4. The summed E-state index contributed by atoms with van der Waals surface area (Å²) in [6, 6.07) is 26.9. The van der Waals surface area contributed by atoms with Crippen LogP contribution in [0.5, 0.6) is 0 Å². The van der Waals surface area contributed by atoms with E-state index in [0.717, 1.165) is 17.0 Å². The lowest BCUT2D eigenvalue weighted by atomic mass is 9.64. The van der Waals surface area contributed by atoms with Crippen molar-refractivity contribution in [2.24, 2.45) is 0 Å². The summed E-state index contributed by atoms with van der Waals surface area (Å²) in [7, 11) is 0. The molecule has 0 amide bonds. The molecule has 7 rings (SSSR count). The van der Waals surface area contributed by atoms with Crippen LogP contribution in [0, 0.1) is 6.92 Å². The Hall–Kier alpha value is -4.43. The predicted molar refractivity (Wildman–Crippen MR) is 156 cm³/mol. The van der Waals surface area contributed by atoms with Crippen molar-refractivity contribution in [1.82, 2.24) is 9.55 Å². The lowest BCUT2D eigenvalue weighted by Gasteiger charge is -2.40. The molecule has 5 aromatic rings. The van der Waals surface area contributed by atoms with Gasteiger partial charge in [0.2, 0.25) is 0 Å². The second-order valence-corrected chi connectivity index (χ2v) is 10.0. The van der Waals surface area contributed by atoms with Crippen LogP contribution in [-0.2, 0) is 5.41 Å². The monoisotopic (exact) mass is 476 g/mol. The fourth-order valence-electron chi connectivity index (χ4n) is 6.79. The molecule has 0 saturated carbocycles. The molecule has 2 aromatic heterocycles. The number of rotatable bonds is 3. The van der Waals surface area contributed by atoms with Gasteiger partial charge in [-0.15, -0.1) is 0 Å². The predicted octanol–water partition coefficient (Wildman–Crippen LogP) is 8.70. The van der Waals surface area contributed by atoms with Crippen molar-refractivity contribution in [2.75, 3.05) is 0 Å². The van der Waals surface area contributed by atoms with Crippen LogP contribution in [0.2, 0.25) is 0 Å². The highest BCUT2D eigenvalue weighted by Gasteiger charge is 2.51. The number of aromatic nitrogens is 2. The summed E-state index contributed by atoms with van der Waals surface area (Å²) in [5.41, 5.74) is 12.9. The molecular weight excluding hydrogens is 448 g/mol. The number of para-hydroxylation sites is 3. The van der Waals surface area contributed by atoms with Crippen molar-refractivity contribution in [1.29, 1.82) is 0 Å². The number of benzene rings is 3. The van der Waals surface area contributed by atoms with Gasteiger partial charge in [-0.3, -0.25) is 4.98 Å². The van der Waals surface area contributed by atoms with Crippen molar-refractivity contribution in [3.63, 3.8) is 0 Å². The molecule has 3 aromatic carbocycles. The van der Waals surface area contributed by atoms with Gasteiger partial charge >= 0.3 is 0 Å². The van der Waals surface area contributed by atoms with E-state index in [4.69, 9.17) is 4.98 Å². The van der Waals surface area contributed by atoms with Crippen LogP contribution in [-0.4, -0.2) is 9.55 Å². The molecule has 37 heavy (non-hydrogen) atoms. The molecule has 2 heteroatoms. The molecule has 1 atom stereocenters. The minimum Gasteiger partial charge on any atom is -0.309 e. The molecule has 178 valence electrons. The van der Waals surface area contributed by atoms with Gasteiger partial charge < -0.3 is 4.57 Å². The van der Waals surface area contributed by atoms with E-state index in [1.165, 1.54) is 55.3 Å².